The average Bonchev–Trinajstić information content (AvgIpc) is 2.71. The molecule has 0 aromatic heterocycles. The number of carbonyl (C=O) groups is 1. The molecular weight excluding hydrogens is 258 g/mol. The quantitative estimate of drug-likeness (QED) is 0.731. The van der Waals surface area contributed by atoms with Crippen LogP contribution in [0.25, 0.3) is 0 Å². The van der Waals surface area contributed by atoms with E-state index in [1.165, 1.54) is 19.3 Å². The molecule has 1 aliphatic heterocycles. The zero-order chi connectivity index (χ0) is 14.1. The minimum atomic E-state index is -0.385. The van der Waals surface area contributed by atoms with Crippen LogP contribution in [0.15, 0.2) is 0 Å². The number of rotatable bonds is 1. The maximum absolute atomic E-state index is 12.0. The zero-order valence-electron chi connectivity index (χ0n) is 12.7. The van der Waals surface area contributed by atoms with E-state index in [1.807, 2.05) is 37.4 Å². The molecule has 2 rings (SSSR count). The van der Waals surface area contributed by atoms with Crippen molar-refractivity contribution in [3.8, 4) is 0 Å². The Hall–Kier alpha value is -0.380. The van der Waals surface area contributed by atoms with Crippen LogP contribution >= 0.6 is 11.8 Å². The standard InChI is InChI=1S/C15H27NO2S/c1-14(2,3)18-13(17)16-9-7-15(8-10-16)6-5-12(11-15)19-4/h12H,5-11H2,1-4H3. The average molecular weight is 285 g/mol. The molecule has 2 aliphatic rings. The van der Waals surface area contributed by atoms with Gasteiger partial charge in [-0.2, -0.15) is 11.8 Å². The molecule has 4 heteroatoms. The highest BCUT2D eigenvalue weighted by Crippen LogP contribution is 2.49. The van der Waals surface area contributed by atoms with Gasteiger partial charge in [0.2, 0.25) is 0 Å². The maximum atomic E-state index is 12.0. The van der Waals surface area contributed by atoms with Crippen LogP contribution in [0, 0.1) is 5.41 Å². The number of ether oxygens (including phenoxy) is 1. The number of hydrogen-bond donors (Lipinski definition) is 0. The number of hydrogen-bond acceptors (Lipinski definition) is 3. The van der Waals surface area contributed by atoms with Gasteiger partial charge in [-0.1, -0.05) is 0 Å². The van der Waals surface area contributed by atoms with Crippen molar-refractivity contribution in [2.24, 2.45) is 5.41 Å². The van der Waals surface area contributed by atoms with Gasteiger partial charge < -0.3 is 9.64 Å². The molecule has 1 spiro atoms. The molecule has 1 amide bonds. The molecule has 1 saturated carbocycles. The Morgan fingerprint density at radius 1 is 1.26 bits per heavy atom. The van der Waals surface area contributed by atoms with Crippen molar-refractivity contribution in [1.29, 1.82) is 0 Å². The van der Waals surface area contributed by atoms with Gasteiger partial charge in [-0.05, 0) is 64.5 Å². The normalized spacial score (nSPS) is 26.7. The van der Waals surface area contributed by atoms with Crippen molar-refractivity contribution < 1.29 is 9.53 Å². The first kappa shape index (κ1) is 15.0. The third-order valence-electron chi connectivity index (χ3n) is 4.47. The third kappa shape index (κ3) is 3.80. The van der Waals surface area contributed by atoms with E-state index in [0.717, 1.165) is 31.2 Å². The van der Waals surface area contributed by atoms with E-state index >= 15 is 0 Å². The second-order valence-corrected chi connectivity index (χ2v) is 8.21. The highest BCUT2D eigenvalue weighted by atomic mass is 32.2. The Morgan fingerprint density at radius 2 is 1.89 bits per heavy atom. The number of carbonyl (C=O) groups excluding carboxylic acids is 1. The smallest absolute Gasteiger partial charge is 0.410 e. The van der Waals surface area contributed by atoms with Gasteiger partial charge in [0.05, 0.1) is 0 Å². The number of nitrogens with zero attached hydrogens (tertiary/aromatic N) is 1. The Balaban J connectivity index is 1.84. The molecule has 19 heavy (non-hydrogen) atoms. The van der Waals surface area contributed by atoms with Gasteiger partial charge >= 0.3 is 6.09 Å². The van der Waals surface area contributed by atoms with Crippen LogP contribution < -0.4 is 0 Å². The Bertz CT molecular complexity index is 330. The summed E-state index contributed by atoms with van der Waals surface area (Å²) in [5.74, 6) is 0. The minimum absolute atomic E-state index is 0.137. The van der Waals surface area contributed by atoms with Crippen molar-refractivity contribution in [2.75, 3.05) is 19.3 Å². The summed E-state index contributed by atoms with van der Waals surface area (Å²) in [7, 11) is 0. The molecule has 0 radical (unpaired) electrons. The van der Waals surface area contributed by atoms with Crippen LogP contribution in [0.1, 0.15) is 52.9 Å². The lowest BCUT2D eigenvalue weighted by atomic mass is 9.77. The van der Waals surface area contributed by atoms with E-state index in [1.54, 1.807) is 0 Å². The third-order valence-corrected chi connectivity index (χ3v) is 5.54. The summed E-state index contributed by atoms with van der Waals surface area (Å²) in [6.07, 6.45) is 8.44. The Kier molecular flexibility index (Phi) is 4.38. The lowest BCUT2D eigenvalue weighted by Gasteiger charge is -2.39. The Labute approximate surface area is 121 Å². The summed E-state index contributed by atoms with van der Waals surface area (Å²) >= 11 is 2.01. The number of piperidine rings is 1. The van der Waals surface area contributed by atoms with Gasteiger partial charge in [0.15, 0.2) is 0 Å². The summed E-state index contributed by atoms with van der Waals surface area (Å²) in [6, 6.07) is 0. The van der Waals surface area contributed by atoms with Crippen molar-refractivity contribution >= 4 is 17.9 Å². The van der Waals surface area contributed by atoms with Crippen LogP contribution in [-0.2, 0) is 4.74 Å². The summed E-state index contributed by atoms with van der Waals surface area (Å²) in [5, 5.41) is 0.841. The molecule has 0 aromatic rings. The fourth-order valence-electron chi connectivity index (χ4n) is 3.30. The first-order chi connectivity index (χ1) is 8.84. The SMILES string of the molecule is CSC1CCC2(CCN(C(=O)OC(C)(C)C)CC2)C1. The summed E-state index contributed by atoms with van der Waals surface area (Å²) in [6.45, 7) is 7.52. The van der Waals surface area contributed by atoms with Gasteiger partial charge in [-0.15, -0.1) is 0 Å². The molecule has 2 fully saturated rings. The molecule has 3 nitrogen and oxygen atoms in total. The maximum Gasteiger partial charge on any atom is 0.410 e. The molecule has 1 unspecified atom stereocenters. The summed E-state index contributed by atoms with van der Waals surface area (Å²) in [4.78, 5) is 13.9. The number of likely N-dealkylation sites (tertiary alicyclic amines) is 1. The highest BCUT2D eigenvalue weighted by Gasteiger charge is 2.42. The second kappa shape index (κ2) is 5.55. The van der Waals surface area contributed by atoms with Gasteiger partial charge in [0.1, 0.15) is 5.60 Å². The predicted octanol–water partition coefficient (Wildman–Crippen LogP) is 3.92. The van der Waals surface area contributed by atoms with Gasteiger partial charge in [0.25, 0.3) is 0 Å². The number of thioether (sulfide) groups is 1. The van der Waals surface area contributed by atoms with Gasteiger partial charge in [0, 0.05) is 18.3 Å². The van der Waals surface area contributed by atoms with Gasteiger partial charge in [-0.3, -0.25) is 0 Å². The van der Waals surface area contributed by atoms with E-state index < -0.39 is 0 Å². The molecule has 110 valence electrons. The molecule has 0 aromatic carbocycles. The fraction of sp³-hybridized carbons (Fsp3) is 0.933. The highest BCUT2D eigenvalue weighted by molar-refractivity contribution is 7.99. The summed E-state index contributed by atoms with van der Waals surface area (Å²) in [5.41, 5.74) is 0.135. The lowest BCUT2D eigenvalue weighted by molar-refractivity contribution is 0.0107. The van der Waals surface area contributed by atoms with Crippen molar-refractivity contribution in [2.45, 2.75) is 63.7 Å². The molecule has 1 heterocycles. The second-order valence-electron chi connectivity index (χ2n) is 7.07. The van der Waals surface area contributed by atoms with Crippen molar-refractivity contribution in [3.63, 3.8) is 0 Å². The first-order valence-electron chi connectivity index (χ1n) is 7.34. The topological polar surface area (TPSA) is 29.5 Å². The van der Waals surface area contributed by atoms with E-state index in [-0.39, 0.29) is 11.7 Å². The fourth-order valence-corrected chi connectivity index (χ4v) is 4.17. The molecule has 1 saturated heterocycles. The monoisotopic (exact) mass is 285 g/mol. The predicted molar refractivity (Wildman–Crippen MR) is 80.6 cm³/mol. The number of amides is 1. The molecule has 1 atom stereocenters. The van der Waals surface area contributed by atoms with Crippen LogP contribution in [0.2, 0.25) is 0 Å². The zero-order valence-corrected chi connectivity index (χ0v) is 13.5. The van der Waals surface area contributed by atoms with Crippen molar-refractivity contribution in [1.82, 2.24) is 4.90 Å². The largest absolute Gasteiger partial charge is 0.444 e. The molecule has 1 aliphatic carbocycles. The minimum Gasteiger partial charge on any atom is -0.444 e. The lowest BCUT2D eigenvalue weighted by Crippen LogP contribution is -2.44. The van der Waals surface area contributed by atoms with Crippen LogP contribution in [0.5, 0.6) is 0 Å². The van der Waals surface area contributed by atoms with E-state index in [4.69, 9.17) is 4.74 Å². The van der Waals surface area contributed by atoms with E-state index in [2.05, 4.69) is 6.26 Å². The van der Waals surface area contributed by atoms with Crippen LogP contribution in [0.3, 0.4) is 0 Å². The summed E-state index contributed by atoms with van der Waals surface area (Å²) < 4.78 is 5.45. The Morgan fingerprint density at radius 3 is 2.37 bits per heavy atom. The van der Waals surface area contributed by atoms with Crippen molar-refractivity contribution in [3.05, 3.63) is 0 Å². The molecule has 0 N–H and O–H groups in total. The van der Waals surface area contributed by atoms with E-state index in [0.29, 0.717) is 5.41 Å². The van der Waals surface area contributed by atoms with Crippen LogP contribution in [0.4, 0.5) is 4.79 Å². The van der Waals surface area contributed by atoms with E-state index in [9.17, 15) is 4.79 Å². The molecular formula is C15H27NO2S. The molecule has 0 bridgehead atoms. The first-order valence-corrected chi connectivity index (χ1v) is 8.63. The van der Waals surface area contributed by atoms with Crippen LogP contribution in [-0.4, -0.2) is 41.2 Å². The van der Waals surface area contributed by atoms with Gasteiger partial charge in [-0.25, -0.2) is 4.79 Å².